The maximum atomic E-state index is 13.0. The molecule has 1 heterocycles. The Morgan fingerprint density at radius 1 is 1.19 bits per heavy atom. The lowest BCUT2D eigenvalue weighted by Crippen LogP contribution is -2.37. The second-order valence-corrected chi connectivity index (χ2v) is 7.09. The quantitative estimate of drug-likeness (QED) is 0.843. The largest absolute Gasteiger partial charge is 0.399 e. The van der Waals surface area contributed by atoms with Gasteiger partial charge in [0.25, 0.3) is 5.91 Å². The summed E-state index contributed by atoms with van der Waals surface area (Å²) in [5, 5.41) is 13.6. The summed E-state index contributed by atoms with van der Waals surface area (Å²) in [6.45, 7) is 6.55. The number of likely N-dealkylation sites (tertiary alicyclic amines) is 1. The van der Waals surface area contributed by atoms with Crippen LogP contribution in [0.25, 0.3) is 11.1 Å². The Balaban J connectivity index is 1.90. The Labute approximate surface area is 160 Å². The van der Waals surface area contributed by atoms with Crippen LogP contribution in [-0.2, 0) is 4.84 Å². The Bertz CT molecular complexity index is 889. The van der Waals surface area contributed by atoms with Crippen molar-refractivity contribution >= 4 is 11.6 Å². The van der Waals surface area contributed by atoms with Crippen molar-refractivity contribution in [3.8, 4) is 11.1 Å². The number of oxime groups is 1. The molecule has 0 saturated carbocycles. The van der Waals surface area contributed by atoms with Crippen molar-refractivity contribution in [2.24, 2.45) is 5.16 Å². The SMILES string of the molecule is CO/N=C1\C[C@@H](CO)N(C(=O)c2ccc(-c3cccc(C)c3C)c(C)c2)C1. The molecule has 142 valence electrons. The third-order valence-electron chi connectivity index (χ3n) is 5.33. The molecule has 2 aromatic carbocycles. The van der Waals surface area contributed by atoms with E-state index in [0.717, 1.165) is 16.8 Å². The molecule has 2 aromatic rings. The molecular weight excluding hydrogens is 340 g/mol. The van der Waals surface area contributed by atoms with Crippen LogP contribution >= 0.6 is 0 Å². The van der Waals surface area contributed by atoms with E-state index in [9.17, 15) is 9.90 Å². The summed E-state index contributed by atoms with van der Waals surface area (Å²) in [5.74, 6) is -0.0917. The zero-order valence-electron chi connectivity index (χ0n) is 16.3. The molecule has 0 radical (unpaired) electrons. The molecule has 1 atom stereocenters. The number of hydrogen-bond donors (Lipinski definition) is 1. The van der Waals surface area contributed by atoms with E-state index in [4.69, 9.17) is 4.84 Å². The van der Waals surface area contributed by atoms with Crippen LogP contribution in [0.2, 0.25) is 0 Å². The van der Waals surface area contributed by atoms with Crippen molar-refractivity contribution in [3.63, 3.8) is 0 Å². The number of carbonyl (C=O) groups is 1. The molecule has 1 aliphatic rings. The molecule has 0 unspecified atom stereocenters. The molecule has 3 rings (SSSR count). The Hall–Kier alpha value is -2.66. The van der Waals surface area contributed by atoms with Crippen LogP contribution in [-0.4, -0.2) is 47.9 Å². The molecule has 0 aliphatic carbocycles. The van der Waals surface area contributed by atoms with E-state index < -0.39 is 0 Å². The minimum absolute atomic E-state index is 0.0893. The van der Waals surface area contributed by atoms with Gasteiger partial charge in [-0.15, -0.1) is 0 Å². The van der Waals surface area contributed by atoms with Crippen molar-refractivity contribution in [1.29, 1.82) is 0 Å². The fourth-order valence-corrected chi connectivity index (χ4v) is 3.68. The second kappa shape index (κ2) is 7.92. The first kappa shape index (κ1) is 19.1. The van der Waals surface area contributed by atoms with Gasteiger partial charge in [-0.2, -0.15) is 0 Å². The highest BCUT2D eigenvalue weighted by molar-refractivity contribution is 6.01. The smallest absolute Gasteiger partial charge is 0.254 e. The summed E-state index contributed by atoms with van der Waals surface area (Å²) in [4.78, 5) is 19.5. The summed E-state index contributed by atoms with van der Waals surface area (Å²) in [7, 11) is 1.49. The van der Waals surface area contributed by atoms with Gasteiger partial charge in [0.05, 0.1) is 24.9 Å². The van der Waals surface area contributed by atoms with Crippen LogP contribution in [0.15, 0.2) is 41.6 Å². The van der Waals surface area contributed by atoms with Gasteiger partial charge in [0.15, 0.2) is 0 Å². The number of aliphatic hydroxyl groups is 1. The average Bonchev–Trinajstić information content (AvgIpc) is 3.07. The topological polar surface area (TPSA) is 62.1 Å². The number of benzene rings is 2. The number of nitrogens with zero attached hydrogens (tertiary/aromatic N) is 2. The minimum Gasteiger partial charge on any atom is -0.399 e. The lowest BCUT2D eigenvalue weighted by atomic mass is 9.93. The van der Waals surface area contributed by atoms with Crippen LogP contribution in [0.1, 0.15) is 33.5 Å². The van der Waals surface area contributed by atoms with Crippen molar-refractivity contribution in [2.45, 2.75) is 33.2 Å². The number of aliphatic hydroxyl groups excluding tert-OH is 1. The van der Waals surface area contributed by atoms with Gasteiger partial charge in [-0.3, -0.25) is 4.79 Å². The van der Waals surface area contributed by atoms with Crippen molar-refractivity contribution < 1.29 is 14.7 Å². The van der Waals surface area contributed by atoms with Gasteiger partial charge in [-0.25, -0.2) is 0 Å². The summed E-state index contributed by atoms with van der Waals surface area (Å²) < 4.78 is 0. The highest BCUT2D eigenvalue weighted by Gasteiger charge is 2.33. The van der Waals surface area contributed by atoms with Gasteiger partial charge in [0, 0.05) is 12.0 Å². The third kappa shape index (κ3) is 3.74. The summed E-state index contributed by atoms with van der Waals surface area (Å²) in [6, 6.07) is 11.8. The highest BCUT2D eigenvalue weighted by atomic mass is 16.6. The molecule has 1 N–H and O–H groups in total. The van der Waals surface area contributed by atoms with Gasteiger partial charge in [0.1, 0.15) is 7.11 Å². The van der Waals surface area contributed by atoms with Crippen LogP contribution in [0.5, 0.6) is 0 Å². The Morgan fingerprint density at radius 2 is 1.96 bits per heavy atom. The maximum absolute atomic E-state index is 13.0. The molecule has 5 heteroatoms. The second-order valence-electron chi connectivity index (χ2n) is 7.09. The van der Waals surface area contributed by atoms with E-state index in [1.807, 2.05) is 25.1 Å². The number of amides is 1. The van der Waals surface area contributed by atoms with Crippen LogP contribution in [0, 0.1) is 20.8 Å². The van der Waals surface area contributed by atoms with E-state index in [-0.39, 0.29) is 18.6 Å². The molecule has 0 aromatic heterocycles. The standard InChI is InChI=1S/C22H26N2O3/c1-14-6-5-7-21(16(14)3)20-9-8-17(10-15(20)2)22(26)24-12-18(23-27-4)11-19(24)13-25/h5-10,19,25H,11-13H2,1-4H3/b23-18+/t19-/m0/s1. The van der Waals surface area contributed by atoms with Gasteiger partial charge in [0.2, 0.25) is 0 Å². The van der Waals surface area contributed by atoms with Gasteiger partial charge < -0.3 is 14.8 Å². The Morgan fingerprint density at radius 3 is 2.63 bits per heavy atom. The fourth-order valence-electron chi connectivity index (χ4n) is 3.68. The van der Waals surface area contributed by atoms with E-state index in [2.05, 4.69) is 37.2 Å². The normalized spacial score (nSPS) is 18.2. The van der Waals surface area contributed by atoms with E-state index in [1.54, 1.807) is 4.90 Å². The summed E-state index contributed by atoms with van der Waals surface area (Å²) >= 11 is 0. The van der Waals surface area contributed by atoms with Gasteiger partial charge in [-0.1, -0.05) is 29.4 Å². The molecule has 5 nitrogen and oxygen atoms in total. The first-order chi connectivity index (χ1) is 13.0. The highest BCUT2D eigenvalue weighted by Crippen LogP contribution is 2.29. The van der Waals surface area contributed by atoms with Crippen LogP contribution in [0.3, 0.4) is 0 Å². The molecule has 0 bridgehead atoms. The molecular formula is C22H26N2O3. The van der Waals surface area contributed by atoms with E-state index in [0.29, 0.717) is 18.5 Å². The predicted molar refractivity (Wildman–Crippen MR) is 107 cm³/mol. The van der Waals surface area contributed by atoms with E-state index in [1.165, 1.54) is 23.8 Å². The summed E-state index contributed by atoms with van der Waals surface area (Å²) in [5.41, 5.74) is 7.28. The van der Waals surface area contributed by atoms with Crippen molar-refractivity contribution in [1.82, 2.24) is 4.90 Å². The zero-order valence-corrected chi connectivity index (χ0v) is 16.3. The molecule has 27 heavy (non-hydrogen) atoms. The van der Waals surface area contributed by atoms with Gasteiger partial charge in [-0.05, 0) is 60.7 Å². The van der Waals surface area contributed by atoms with Crippen molar-refractivity contribution in [3.05, 3.63) is 58.7 Å². The monoisotopic (exact) mass is 366 g/mol. The molecule has 0 spiro atoms. The summed E-state index contributed by atoms with van der Waals surface area (Å²) in [6.07, 6.45) is 0.537. The van der Waals surface area contributed by atoms with E-state index >= 15 is 0 Å². The zero-order chi connectivity index (χ0) is 19.6. The number of carbonyl (C=O) groups excluding carboxylic acids is 1. The average molecular weight is 366 g/mol. The molecule has 1 fully saturated rings. The number of hydrogen-bond acceptors (Lipinski definition) is 4. The first-order valence-electron chi connectivity index (χ1n) is 9.14. The molecule has 1 aliphatic heterocycles. The number of rotatable bonds is 4. The van der Waals surface area contributed by atoms with Crippen LogP contribution in [0.4, 0.5) is 0 Å². The molecule has 1 amide bonds. The fraction of sp³-hybridized carbons (Fsp3) is 0.364. The lowest BCUT2D eigenvalue weighted by molar-refractivity contribution is 0.0680. The first-order valence-corrected chi connectivity index (χ1v) is 9.14. The third-order valence-corrected chi connectivity index (χ3v) is 5.33. The van der Waals surface area contributed by atoms with Crippen molar-refractivity contribution in [2.75, 3.05) is 20.3 Å². The Kier molecular flexibility index (Phi) is 5.61. The predicted octanol–water partition coefficient (Wildman–Crippen LogP) is 3.49. The number of aryl methyl sites for hydroxylation is 2. The maximum Gasteiger partial charge on any atom is 0.254 e. The lowest BCUT2D eigenvalue weighted by Gasteiger charge is -2.23. The minimum atomic E-state index is -0.259. The molecule has 1 saturated heterocycles. The van der Waals surface area contributed by atoms with Crippen LogP contribution < -0.4 is 0 Å². The van der Waals surface area contributed by atoms with Gasteiger partial charge >= 0.3 is 0 Å².